The van der Waals surface area contributed by atoms with Crippen LogP contribution in [-0.2, 0) is 9.47 Å². The fourth-order valence-corrected chi connectivity index (χ4v) is 1.84. The van der Waals surface area contributed by atoms with Crippen molar-refractivity contribution in [2.24, 2.45) is 0 Å². The smallest absolute Gasteiger partial charge is 0.162 e. The molecule has 1 heterocycles. The molecule has 1 unspecified atom stereocenters. The van der Waals surface area contributed by atoms with Crippen LogP contribution >= 0.6 is 0 Å². The first-order valence-electron chi connectivity index (χ1n) is 5.98. The summed E-state index contributed by atoms with van der Waals surface area (Å²) in [5.74, 6) is 1.45. The van der Waals surface area contributed by atoms with E-state index < -0.39 is 0 Å². The first-order chi connectivity index (χ1) is 8.83. The molecule has 0 aliphatic carbocycles. The minimum absolute atomic E-state index is 0.201. The molecule has 1 N–H and O–H groups in total. The molecular weight excluding hydrogens is 234 g/mol. The third kappa shape index (κ3) is 3.27. The topological polar surface area (TPSA) is 49.0 Å². The monoisotopic (exact) mass is 253 g/mol. The van der Waals surface area contributed by atoms with Crippen LogP contribution in [0.4, 0.5) is 5.69 Å². The summed E-state index contributed by atoms with van der Waals surface area (Å²) in [6, 6.07) is 5.75. The number of nitrogens with one attached hydrogen (secondary N) is 1. The third-order valence-electron chi connectivity index (χ3n) is 2.89. The van der Waals surface area contributed by atoms with Gasteiger partial charge in [-0.05, 0) is 18.6 Å². The average Bonchev–Trinajstić information content (AvgIpc) is 2.45. The first kappa shape index (κ1) is 13.0. The molecule has 1 aromatic carbocycles. The van der Waals surface area contributed by atoms with Crippen LogP contribution in [0.15, 0.2) is 18.2 Å². The van der Waals surface area contributed by atoms with Gasteiger partial charge in [0.15, 0.2) is 11.5 Å². The maximum atomic E-state index is 5.46. The van der Waals surface area contributed by atoms with Gasteiger partial charge in [-0.3, -0.25) is 0 Å². The van der Waals surface area contributed by atoms with Gasteiger partial charge in [-0.1, -0.05) is 0 Å². The Hall–Kier alpha value is -1.46. The molecule has 1 atom stereocenters. The third-order valence-corrected chi connectivity index (χ3v) is 2.89. The van der Waals surface area contributed by atoms with Crippen LogP contribution in [0.25, 0.3) is 0 Å². The standard InChI is InChI=1S/C13H19NO4/c1-15-12-4-3-10(7-13(12)16-2)14-8-11-5-6-17-9-18-11/h3-4,7,11,14H,5-6,8-9H2,1-2H3. The number of rotatable bonds is 5. The predicted molar refractivity (Wildman–Crippen MR) is 68.3 cm³/mol. The van der Waals surface area contributed by atoms with Crippen molar-refractivity contribution >= 4 is 5.69 Å². The summed E-state index contributed by atoms with van der Waals surface area (Å²) in [6.07, 6.45) is 1.12. The van der Waals surface area contributed by atoms with Crippen LogP contribution in [-0.4, -0.2) is 40.3 Å². The van der Waals surface area contributed by atoms with E-state index in [0.717, 1.165) is 36.8 Å². The number of methoxy groups -OCH3 is 2. The lowest BCUT2D eigenvalue weighted by molar-refractivity contribution is -0.133. The van der Waals surface area contributed by atoms with Crippen LogP contribution in [0.5, 0.6) is 11.5 Å². The molecule has 0 amide bonds. The Balaban J connectivity index is 1.92. The van der Waals surface area contributed by atoms with E-state index in [1.54, 1.807) is 14.2 Å². The second-order valence-electron chi connectivity index (χ2n) is 4.05. The molecule has 18 heavy (non-hydrogen) atoms. The van der Waals surface area contributed by atoms with Crippen molar-refractivity contribution in [2.45, 2.75) is 12.5 Å². The molecule has 0 spiro atoms. The number of hydrogen-bond acceptors (Lipinski definition) is 5. The Morgan fingerprint density at radius 2 is 2.11 bits per heavy atom. The van der Waals surface area contributed by atoms with Crippen molar-refractivity contribution in [3.05, 3.63) is 18.2 Å². The Labute approximate surface area is 107 Å². The van der Waals surface area contributed by atoms with Gasteiger partial charge < -0.3 is 24.3 Å². The molecule has 1 saturated heterocycles. The van der Waals surface area contributed by atoms with Gasteiger partial charge in [-0.25, -0.2) is 0 Å². The van der Waals surface area contributed by atoms with E-state index in [1.165, 1.54) is 0 Å². The zero-order valence-corrected chi connectivity index (χ0v) is 10.8. The first-order valence-corrected chi connectivity index (χ1v) is 5.98. The minimum atomic E-state index is 0.201. The van der Waals surface area contributed by atoms with Gasteiger partial charge in [0.25, 0.3) is 0 Å². The number of hydrogen-bond donors (Lipinski definition) is 1. The molecule has 100 valence electrons. The Morgan fingerprint density at radius 1 is 1.28 bits per heavy atom. The van der Waals surface area contributed by atoms with Gasteiger partial charge >= 0.3 is 0 Å². The molecule has 1 aliphatic heterocycles. The number of benzene rings is 1. The lowest BCUT2D eigenvalue weighted by atomic mass is 10.2. The molecule has 0 aromatic heterocycles. The second-order valence-corrected chi connectivity index (χ2v) is 4.05. The molecule has 1 fully saturated rings. The molecule has 0 radical (unpaired) electrons. The van der Waals surface area contributed by atoms with E-state index >= 15 is 0 Å². The van der Waals surface area contributed by atoms with Crippen LogP contribution in [0.2, 0.25) is 0 Å². The maximum Gasteiger partial charge on any atom is 0.162 e. The normalized spacial score (nSPS) is 19.3. The molecule has 2 rings (SSSR count). The van der Waals surface area contributed by atoms with Crippen LogP contribution in [0.3, 0.4) is 0 Å². The average molecular weight is 253 g/mol. The summed E-state index contributed by atoms with van der Waals surface area (Å²) in [5, 5.41) is 3.32. The molecule has 5 heteroatoms. The van der Waals surface area contributed by atoms with Crippen molar-refractivity contribution in [1.82, 2.24) is 0 Å². The zero-order chi connectivity index (χ0) is 12.8. The van der Waals surface area contributed by atoms with Crippen molar-refractivity contribution in [3.63, 3.8) is 0 Å². The quantitative estimate of drug-likeness (QED) is 0.868. The lowest BCUT2D eigenvalue weighted by Gasteiger charge is -2.23. The summed E-state index contributed by atoms with van der Waals surface area (Å²) in [5.41, 5.74) is 0.989. The molecule has 1 aliphatic rings. The van der Waals surface area contributed by atoms with Crippen molar-refractivity contribution in [1.29, 1.82) is 0 Å². The predicted octanol–water partition coefficient (Wildman–Crippen LogP) is 1.88. The zero-order valence-electron chi connectivity index (χ0n) is 10.8. The van der Waals surface area contributed by atoms with Gasteiger partial charge in [0.05, 0.1) is 26.9 Å². The summed E-state index contributed by atoms with van der Waals surface area (Å²) in [4.78, 5) is 0. The van der Waals surface area contributed by atoms with E-state index in [2.05, 4.69) is 5.32 Å². The highest BCUT2D eigenvalue weighted by Crippen LogP contribution is 2.29. The molecular formula is C13H19NO4. The highest BCUT2D eigenvalue weighted by molar-refractivity contribution is 5.54. The van der Waals surface area contributed by atoms with Gasteiger partial charge in [-0.2, -0.15) is 0 Å². The van der Waals surface area contributed by atoms with Gasteiger partial charge in [0.1, 0.15) is 6.79 Å². The summed E-state index contributed by atoms with van der Waals surface area (Å²) in [6.45, 7) is 1.91. The SMILES string of the molecule is COc1ccc(NCC2CCOCO2)cc1OC. The number of ether oxygens (including phenoxy) is 4. The van der Waals surface area contributed by atoms with Gasteiger partial charge in [-0.15, -0.1) is 0 Å². The minimum Gasteiger partial charge on any atom is -0.493 e. The fourth-order valence-electron chi connectivity index (χ4n) is 1.84. The Kier molecular flexibility index (Phi) is 4.66. The molecule has 5 nitrogen and oxygen atoms in total. The largest absolute Gasteiger partial charge is 0.493 e. The van der Waals surface area contributed by atoms with Gasteiger partial charge in [0.2, 0.25) is 0 Å². The van der Waals surface area contributed by atoms with Crippen LogP contribution < -0.4 is 14.8 Å². The summed E-state index contributed by atoms with van der Waals surface area (Å²) < 4.78 is 21.0. The fraction of sp³-hybridized carbons (Fsp3) is 0.538. The van der Waals surface area contributed by atoms with Crippen molar-refractivity contribution < 1.29 is 18.9 Å². The maximum absolute atomic E-state index is 5.46. The van der Waals surface area contributed by atoms with Crippen LogP contribution in [0, 0.1) is 0 Å². The van der Waals surface area contributed by atoms with E-state index in [0.29, 0.717) is 6.79 Å². The second kappa shape index (κ2) is 6.47. The highest BCUT2D eigenvalue weighted by Gasteiger charge is 2.14. The Bertz CT molecular complexity index is 377. The van der Waals surface area contributed by atoms with Crippen molar-refractivity contribution in [3.8, 4) is 11.5 Å². The van der Waals surface area contributed by atoms with Gasteiger partial charge in [0, 0.05) is 18.3 Å². The summed E-state index contributed by atoms with van der Waals surface area (Å²) >= 11 is 0. The Morgan fingerprint density at radius 3 is 2.78 bits per heavy atom. The molecule has 0 saturated carbocycles. The van der Waals surface area contributed by atoms with E-state index in [4.69, 9.17) is 18.9 Å². The lowest BCUT2D eigenvalue weighted by Crippen LogP contribution is -2.30. The van der Waals surface area contributed by atoms with E-state index in [-0.39, 0.29) is 6.10 Å². The summed E-state index contributed by atoms with van der Waals surface area (Å²) in [7, 11) is 3.25. The van der Waals surface area contributed by atoms with Crippen molar-refractivity contribution in [2.75, 3.05) is 39.5 Å². The number of anilines is 1. The van der Waals surface area contributed by atoms with E-state index in [1.807, 2.05) is 18.2 Å². The molecule has 1 aromatic rings. The van der Waals surface area contributed by atoms with Crippen LogP contribution in [0.1, 0.15) is 6.42 Å². The molecule has 0 bridgehead atoms. The van der Waals surface area contributed by atoms with E-state index in [9.17, 15) is 0 Å². The highest BCUT2D eigenvalue weighted by atomic mass is 16.7.